The van der Waals surface area contributed by atoms with E-state index in [-0.39, 0.29) is 0 Å². The minimum Gasteiger partial charge on any atom is -0.380 e. The molecule has 0 aliphatic carbocycles. The van der Waals surface area contributed by atoms with Crippen LogP contribution in [-0.2, 0) is 21.3 Å². The van der Waals surface area contributed by atoms with Crippen LogP contribution in [0.1, 0.15) is 38.5 Å². The number of ether oxygens (including phenoxy) is 1. The minimum atomic E-state index is -3.42. The molecule has 1 aromatic rings. The first kappa shape index (κ1) is 18.6. The molecule has 21 heavy (non-hydrogen) atoms. The average molecular weight is 335 g/mol. The summed E-state index contributed by atoms with van der Waals surface area (Å²) in [6.45, 7) is 8.30. The Balaban J connectivity index is 2.40. The zero-order chi connectivity index (χ0) is 15.7. The smallest absolute Gasteiger partial charge is 0.241 e. The number of rotatable bonds is 11. The van der Waals surface area contributed by atoms with Crippen molar-refractivity contribution >= 4 is 21.4 Å². The maximum atomic E-state index is 12.1. The van der Waals surface area contributed by atoms with Gasteiger partial charge in [0.1, 0.15) is 0 Å². The van der Waals surface area contributed by atoms with Crippen LogP contribution in [0, 0.1) is 0 Å². The molecule has 0 unspecified atom stereocenters. The fraction of sp³-hybridized carbons (Fsp3) is 0.714. The van der Waals surface area contributed by atoms with E-state index in [4.69, 9.17) is 4.74 Å². The molecule has 0 bridgehead atoms. The molecule has 0 atom stereocenters. The molecule has 0 saturated carbocycles. The van der Waals surface area contributed by atoms with Gasteiger partial charge >= 0.3 is 0 Å². The van der Waals surface area contributed by atoms with E-state index in [2.05, 4.69) is 30.8 Å². The van der Waals surface area contributed by atoms with Crippen molar-refractivity contribution in [2.75, 3.05) is 19.8 Å². The molecule has 0 saturated heterocycles. The first-order chi connectivity index (χ1) is 9.95. The fourth-order valence-corrected chi connectivity index (χ4v) is 3.82. The summed E-state index contributed by atoms with van der Waals surface area (Å²) < 4.78 is 32.1. The van der Waals surface area contributed by atoms with Gasteiger partial charge in [0.2, 0.25) is 10.0 Å². The van der Waals surface area contributed by atoms with E-state index >= 15 is 0 Å². The highest BCUT2D eigenvalue weighted by molar-refractivity contribution is 7.89. The minimum absolute atomic E-state index is 0.307. The molecule has 0 radical (unpaired) electrons. The highest BCUT2D eigenvalue weighted by Gasteiger charge is 2.15. The summed E-state index contributed by atoms with van der Waals surface area (Å²) in [5.74, 6) is 0. The lowest BCUT2D eigenvalue weighted by Gasteiger charge is -2.06. The standard InChI is InChI=1S/C14H26N2O3S2/c1-4-5-7-19-8-6-16-21(17,18)14-9-13(20-11-14)10-15-12(2)3/h9,11-12,15-16H,4-8,10H2,1-3H3. The molecule has 0 spiro atoms. The van der Waals surface area contributed by atoms with Gasteiger partial charge in [-0.2, -0.15) is 0 Å². The number of nitrogens with one attached hydrogen (secondary N) is 2. The summed E-state index contributed by atoms with van der Waals surface area (Å²) in [7, 11) is -3.42. The summed E-state index contributed by atoms with van der Waals surface area (Å²) >= 11 is 1.46. The van der Waals surface area contributed by atoms with Crippen LogP contribution in [0.2, 0.25) is 0 Å². The fourth-order valence-electron chi connectivity index (χ4n) is 1.58. The van der Waals surface area contributed by atoms with E-state index in [1.807, 2.05) is 0 Å². The Hall–Kier alpha value is -0.470. The van der Waals surface area contributed by atoms with Crippen LogP contribution >= 0.6 is 11.3 Å². The first-order valence-electron chi connectivity index (χ1n) is 7.34. The number of sulfonamides is 1. The summed E-state index contributed by atoms with van der Waals surface area (Å²) in [5.41, 5.74) is 0. The molecule has 1 aromatic heterocycles. The van der Waals surface area contributed by atoms with E-state index in [0.717, 1.165) is 17.7 Å². The Morgan fingerprint density at radius 1 is 1.33 bits per heavy atom. The van der Waals surface area contributed by atoms with Crippen LogP contribution in [0.4, 0.5) is 0 Å². The third-order valence-corrected chi connectivity index (χ3v) is 5.33. The van der Waals surface area contributed by atoms with Crippen LogP contribution in [0.15, 0.2) is 16.3 Å². The second-order valence-corrected chi connectivity index (χ2v) is 7.91. The lowest BCUT2D eigenvalue weighted by atomic mass is 10.4. The SMILES string of the molecule is CCCCOCCNS(=O)(=O)c1csc(CNC(C)C)c1. The number of hydrogen-bond acceptors (Lipinski definition) is 5. The van der Waals surface area contributed by atoms with Crippen LogP contribution < -0.4 is 10.0 Å². The maximum Gasteiger partial charge on any atom is 0.241 e. The van der Waals surface area contributed by atoms with Gasteiger partial charge in [0, 0.05) is 36.0 Å². The van der Waals surface area contributed by atoms with Crippen molar-refractivity contribution < 1.29 is 13.2 Å². The van der Waals surface area contributed by atoms with Crippen molar-refractivity contribution in [3.63, 3.8) is 0 Å². The average Bonchev–Trinajstić information content (AvgIpc) is 2.90. The molecule has 2 N–H and O–H groups in total. The number of hydrogen-bond donors (Lipinski definition) is 2. The third-order valence-electron chi connectivity index (χ3n) is 2.81. The molecule has 1 heterocycles. The van der Waals surface area contributed by atoms with Gasteiger partial charge in [-0.15, -0.1) is 11.3 Å². The zero-order valence-electron chi connectivity index (χ0n) is 13.0. The molecule has 7 heteroatoms. The predicted octanol–water partition coefficient (Wildman–Crippen LogP) is 2.34. The summed E-state index contributed by atoms with van der Waals surface area (Å²) in [6, 6.07) is 2.10. The Morgan fingerprint density at radius 3 is 2.76 bits per heavy atom. The van der Waals surface area contributed by atoms with E-state index in [9.17, 15) is 8.42 Å². The second-order valence-electron chi connectivity index (χ2n) is 5.15. The summed E-state index contributed by atoms with van der Waals surface area (Å²) in [4.78, 5) is 1.35. The molecule has 0 amide bonds. The molecule has 1 rings (SSSR count). The van der Waals surface area contributed by atoms with Gasteiger partial charge in [-0.3, -0.25) is 0 Å². The lowest BCUT2D eigenvalue weighted by molar-refractivity contribution is 0.136. The van der Waals surface area contributed by atoms with Gasteiger partial charge in [-0.25, -0.2) is 13.1 Å². The van der Waals surface area contributed by atoms with Crippen LogP contribution in [0.3, 0.4) is 0 Å². The van der Waals surface area contributed by atoms with E-state index in [1.54, 1.807) is 11.4 Å². The predicted molar refractivity (Wildman–Crippen MR) is 87.2 cm³/mol. The molecule has 122 valence electrons. The largest absolute Gasteiger partial charge is 0.380 e. The molecular formula is C14H26N2O3S2. The number of thiophene rings is 1. The molecule has 5 nitrogen and oxygen atoms in total. The number of unbranched alkanes of at least 4 members (excludes halogenated alkanes) is 1. The highest BCUT2D eigenvalue weighted by atomic mass is 32.2. The molecule has 0 aliphatic heterocycles. The Labute approximate surface area is 132 Å². The van der Waals surface area contributed by atoms with Crippen molar-refractivity contribution in [1.29, 1.82) is 0 Å². The lowest BCUT2D eigenvalue weighted by Crippen LogP contribution is -2.27. The van der Waals surface area contributed by atoms with Crippen LogP contribution in [-0.4, -0.2) is 34.2 Å². The van der Waals surface area contributed by atoms with Crippen LogP contribution in [0.5, 0.6) is 0 Å². The van der Waals surface area contributed by atoms with E-state index in [0.29, 0.717) is 37.2 Å². The second kappa shape index (κ2) is 9.53. The van der Waals surface area contributed by atoms with Crippen LogP contribution in [0.25, 0.3) is 0 Å². The Morgan fingerprint density at radius 2 is 2.10 bits per heavy atom. The zero-order valence-corrected chi connectivity index (χ0v) is 14.6. The van der Waals surface area contributed by atoms with Gasteiger partial charge in [-0.05, 0) is 12.5 Å². The van der Waals surface area contributed by atoms with Crippen molar-refractivity contribution in [2.45, 2.75) is 51.1 Å². The summed E-state index contributed by atoms with van der Waals surface area (Å²) in [6.07, 6.45) is 2.08. The molecule has 0 aliphatic rings. The van der Waals surface area contributed by atoms with E-state index in [1.165, 1.54) is 11.3 Å². The topological polar surface area (TPSA) is 67.4 Å². The van der Waals surface area contributed by atoms with Gasteiger partial charge in [0.15, 0.2) is 0 Å². The molecular weight excluding hydrogens is 308 g/mol. The third kappa shape index (κ3) is 7.37. The quantitative estimate of drug-likeness (QED) is 0.610. The van der Waals surface area contributed by atoms with E-state index < -0.39 is 10.0 Å². The maximum absolute atomic E-state index is 12.1. The van der Waals surface area contributed by atoms with Gasteiger partial charge in [-0.1, -0.05) is 27.2 Å². The van der Waals surface area contributed by atoms with Gasteiger partial charge in [0.25, 0.3) is 0 Å². The highest BCUT2D eigenvalue weighted by Crippen LogP contribution is 2.19. The summed E-state index contributed by atoms with van der Waals surface area (Å²) in [5, 5.41) is 4.95. The van der Waals surface area contributed by atoms with Crippen molar-refractivity contribution in [3.05, 3.63) is 16.3 Å². The Bertz CT molecular complexity index is 498. The monoisotopic (exact) mass is 334 g/mol. The molecule has 0 fully saturated rings. The van der Waals surface area contributed by atoms with Gasteiger partial charge < -0.3 is 10.1 Å². The normalized spacial score (nSPS) is 12.2. The van der Waals surface area contributed by atoms with Crippen molar-refractivity contribution in [2.24, 2.45) is 0 Å². The Kier molecular flexibility index (Phi) is 8.43. The van der Waals surface area contributed by atoms with Gasteiger partial charge in [0.05, 0.1) is 11.5 Å². The first-order valence-corrected chi connectivity index (χ1v) is 9.70. The van der Waals surface area contributed by atoms with Crippen molar-refractivity contribution in [3.8, 4) is 0 Å². The van der Waals surface area contributed by atoms with Crippen molar-refractivity contribution in [1.82, 2.24) is 10.0 Å². The molecule has 0 aromatic carbocycles.